The number of hydrogen-bond acceptors (Lipinski definition) is 3. The molecule has 1 aromatic rings. The molecule has 0 atom stereocenters. The molecule has 3 nitrogen and oxygen atoms in total. The molecule has 2 N–H and O–H groups in total. The highest BCUT2D eigenvalue weighted by Crippen LogP contribution is 2.31. The molecular weight excluding hydrogens is 294 g/mol. The van der Waals surface area contributed by atoms with Gasteiger partial charge >= 0.3 is 0 Å². The van der Waals surface area contributed by atoms with Crippen LogP contribution in [-0.4, -0.2) is 25.5 Å². The first-order valence-corrected chi connectivity index (χ1v) is 7.01. The predicted molar refractivity (Wildman–Crippen MR) is 74.4 cm³/mol. The van der Waals surface area contributed by atoms with Gasteiger partial charge in [0.25, 0.3) is 0 Å². The predicted octanol–water partition coefficient (Wildman–Crippen LogP) is 2.32. The van der Waals surface area contributed by atoms with E-state index in [0.717, 1.165) is 22.9 Å². The van der Waals surface area contributed by atoms with Crippen molar-refractivity contribution in [3.8, 4) is 0 Å². The molecule has 18 heavy (non-hydrogen) atoms. The molecule has 4 heteroatoms. The van der Waals surface area contributed by atoms with Gasteiger partial charge in [-0.2, -0.15) is 0 Å². The number of Topliss-reactive ketones (excluding diaryl/α,β-unsaturated/α-hetero) is 1. The molecule has 0 amide bonds. The first kappa shape index (κ1) is 13.7. The van der Waals surface area contributed by atoms with E-state index in [1.54, 1.807) is 0 Å². The van der Waals surface area contributed by atoms with Crippen LogP contribution in [0.15, 0.2) is 28.7 Å². The number of benzene rings is 1. The minimum Gasteiger partial charge on any atom is -0.381 e. The Kier molecular flexibility index (Phi) is 4.54. The lowest BCUT2D eigenvalue weighted by molar-refractivity contribution is -0.132. The zero-order valence-corrected chi connectivity index (χ0v) is 11.9. The van der Waals surface area contributed by atoms with Crippen LogP contribution in [0, 0.1) is 5.41 Å². The lowest BCUT2D eigenvalue weighted by Gasteiger charge is -2.34. The topological polar surface area (TPSA) is 52.3 Å². The maximum Gasteiger partial charge on any atom is 0.144 e. The summed E-state index contributed by atoms with van der Waals surface area (Å²) >= 11 is 3.39. The van der Waals surface area contributed by atoms with Crippen molar-refractivity contribution >= 4 is 21.7 Å². The minimum absolute atomic E-state index is 0.246. The molecule has 1 fully saturated rings. The zero-order valence-electron chi connectivity index (χ0n) is 10.3. The molecular formula is C14H18BrNO2. The summed E-state index contributed by atoms with van der Waals surface area (Å²) in [4.78, 5) is 12.5. The molecule has 0 aromatic heterocycles. The Bertz CT molecular complexity index is 410. The van der Waals surface area contributed by atoms with Gasteiger partial charge in [0.15, 0.2) is 0 Å². The van der Waals surface area contributed by atoms with Crippen molar-refractivity contribution in [3.63, 3.8) is 0 Å². The number of ether oxygens (including phenoxy) is 1. The molecule has 0 saturated carbocycles. The van der Waals surface area contributed by atoms with Crippen LogP contribution in [0.1, 0.15) is 18.4 Å². The van der Waals surface area contributed by atoms with Crippen LogP contribution < -0.4 is 5.73 Å². The first-order valence-electron chi connectivity index (χ1n) is 6.22. The van der Waals surface area contributed by atoms with Gasteiger partial charge in [-0.25, -0.2) is 0 Å². The van der Waals surface area contributed by atoms with E-state index >= 15 is 0 Å². The van der Waals surface area contributed by atoms with Crippen LogP contribution in [0.5, 0.6) is 0 Å². The summed E-state index contributed by atoms with van der Waals surface area (Å²) in [6, 6.07) is 7.88. The third-order valence-electron chi connectivity index (χ3n) is 3.71. The molecule has 0 spiro atoms. The summed E-state index contributed by atoms with van der Waals surface area (Å²) in [6.07, 6.45) is 1.96. The normalized spacial score (nSPS) is 18.6. The maximum absolute atomic E-state index is 12.5. The summed E-state index contributed by atoms with van der Waals surface area (Å²) in [5.74, 6) is 0.246. The lowest BCUT2D eigenvalue weighted by atomic mass is 9.74. The summed E-state index contributed by atoms with van der Waals surface area (Å²) in [5.41, 5.74) is 6.51. The Morgan fingerprint density at radius 2 is 1.89 bits per heavy atom. The third kappa shape index (κ3) is 2.99. The molecule has 0 radical (unpaired) electrons. The summed E-state index contributed by atoms with van der Waals surface area (Å²) in [5, 5.41) is 0. The molecule has 1 heterocycles. The average molecular weight is 312 g/mol. The fraction of sp³-hybridized carbons (Fsp3) is 0.500. The van der Waals surface area contributed by atoms with Gasteiger partial charge in [-0.1, -0.05) is 28.1 Å². The van der Waals surface area contributed by atoms with Crippen LogP contribution in [-0.2, 0) is 16.0 Å². The Morgan fingerprint density at radius 3 is 2.44 bits per heavy atom. The van der Waals surface area contributed by atoms with E-state index in [4.69, 9.17) is 10.5 Å². The summed E-state index contributed by atoms with van der Waals surface area (Å²) in [7, 11) is 0. The van der Waals surface area contributed by atoms with E-state index in [9.17, 15) is 4.79 Å². The van der Waals surface area contributed by atoms with Crippen LogP contribution in [0.4, 0.5) is 0 Å². The molecule has 1 saturated heterocycles. The van der Waals surface area contributed by atoms with Gasteiger partial charge in [-0.05, 0) is 30.5 Å². The van der Waals surface area contributed by atoms with Gasteiger partial charge in [0, 0.05) is 36.1 Å². The lowest BCUT2D eigenvalue weighted by Crippen LogP contribution is -2.44. The summed E-state index contributed by atoms with van der Waals surface area (Å²) in [6.45, 7) is 1.71. The molecule has 1 aliphatic rings. The molecule has 0 unspecified atom stereocenters. The summed E-state index contributed by atoms with van der Waals surface area (Å²) < 4.78 is 6.35. The van der Waals surface area contributed by atoms with Crippen molar-refractivity contribution in [3.05, 3.63) is 34.3 Å². The Labute approximate surface area is 116 Å². The van der Waals surface area contributed by atoms with Crippen LogP contribution in [0.2, 0.25) is 0 Å². The second kappa shape index (κ2) is 5.95. The highest BCUT2D eigenvalue weighted by Gasteiger charge is 2.37. The number of hydrogen-bond donors (Lipinski definition) is 1. The third-order valence-corrected chi connectivity index (χ3v) is 4.24. The molecule has 0 aliphatic carbocycles. The zero-order chi connectivity index (χ0) is 13.0. The molecule has 1 aromatic carbocycles. The standard InChI is InChI=1S/C14H18BrNO2/c15-12-3-1-11(2-4-12)9-13(17)14(10-16)5-7-18-8-6-14/h1-4H,5-10,16H2. The number of halogens is 1. The van der Waals surface area contributed by atoms with E-state index in [1.165, 1.54) is 0 Å². The second-order valence-electron chi connectivity index (χ2n) is 4.82. The van der Waals surface area contributed by atoms with E-state index in [1.807, 2.05) is 24.3 Å². The molecule has 1 aliphatic heterocycles. The number of rotatable bonds is 4. The smallest absolute Gasteiger partial charge is 0.144 e. The largest absolute Gasteiger partial charge is 0.381 e. The van der Waals surface area contributed by atoms with Crippen LogP contribution in [0.3, 0.4) is 0 Å². The van der Waals surface area contributed by atoms with Crippen molar-refractivity contribution in [2.45, 2.75) is 19.3 Å². The van der Waals surface area contributed by atoms with E-state index < -0.39 is 0 Å². The Morgan fingerprint density at radius 1 is 1.28 bits per heavy atom. The van der Waals surface area contributed by atoms with Gasteiger partial charge < -0.3 is 10.5 Å². The number of nitrogens with two attached hydrogens (primary N) is 1. The van der Waals surface area contributed by atoms with E-state index in [2.05, 4.69) is 15.9 Å². The fourth-order valence-electron chi connectivity index (χ4n) is 2.33. The van der Waals surface area contributed by atoms with E-state index in [-0.39, 0.29) is 11.2 Å². The van der Waals surface area contributed by atoms with Gasteiger partial charge in [0.2, 0.25) is 0 Å². The van der Waals surface area contributed by atoms with Crippen molar-refractivity contribution in [1.82, 2.24) is 0 Å². The average Bonchev–Trinajstić information content (AvgIpc) is 2.42. The first-order chi connectivity index (χ1) is 8.66. The highest BCUT2D eigenvalue weighted by atomic mass is 79.9. The molecule has 98 valence electrons. The number of carbonyl (C=O) groups excluding carboxylic acids is 1. The Balaban J connectivity index is 2.07. The molecule has 0 bridgehead atoms. The van der Waals surface area contributed by atoms with Crippen molar-refractivity contribution < 1.29 is 9.53 Å². The Hall–Kier alpha value is -0.710. The highest BCUT2D eigenvalue weighted by molar-refractivity contribution is 9.10. The second-order valence-corrected chi connectivity index (χ2v) is 5.74. The van der Waals surface area contributed by atoms with Crippen molar-refractivity contribution in [2.75, 3.05) is 19.8 Å². The van der Waals surface area contributed by atoms with Crippen LogP contribution in [0.25, 0.3) is 0 Å². The monoisotopic (exact) mass is 311 g/mol. The SMILES string of the molecule is NCC1(C(=O)Cc2ccc(Br)cc2)CCOCC1. The van der Waals surface area contributed by atoms with Gasteiger partial charge in [0.1, 0.15) is 5.78 Å². The number of ketones is 1. The van der Waals surface area contributed by atoms with Gasteiger partial charge in [0.05, 0.1) is 0 Å². The minimum atomic E-state index is -0.370. The molecule has 2 rings (SSSR count). The fourth-order valence-corrected chi connectivity index (χ4v) is 2.60. The van der Waals surface area contributed by atoms with Gasteiger partial charge in [-0.3, -0.25) is 4.79 Å². The maximum atomic E-state index is 12.5. The van der Waals surface area contributed by atoms with E-state index in [0.29, 0.717) is 26.2 Å². The van der Waals surface area contributed by atoms with Crippen LogP contribution >= 0.6 is 15.9 Å². The van der Waals surface area contributed by atoms with Crippen molar-refractivity contribution in [1.29, 1.82) is 0 Å². The van der Waals surface area contributed by atoms with Crippen molar-refractivity contribution in [2.24, 2.45) is 11.1 Å². The number of carbonyl (C=O) groups is 1. The van der Waals surface area contributed by atoms with Gasteiger partial charge in [-0.15, -0.1) is 0 Å². The quantitative estimate of drug-likeness (QED) is 0.928.